The molecule has 0 fully saturated rings. The quantitative estimate of drug-likeness (QED) is 0.180. The Bertz CT molecular complexity index is 3580. The van der Waals surface area contributed by atoms with Gasteiger partial charge in [-0.05, 0) is 69.8 Å². The Morgan fingerprint density at radius 2 is 1.23 bits per heavy atom. The molecule has 1 aliphatic carbocycles. The highest BCUT2D eigenvalue weighted by Gasteiger charge is 2.33. The van der Waals surface area contributed by atoms with Gasteiger partial charge in [-0.2, -0.15) is 0 Å². The molecule has 13 rings (SSSR count). The first-order chi connectivity index (χ1) is 28.3. The molecule has 4 heterocycles. The Balaban J connectivity index is 1.16. The smallest absolute Gasteiger partial charge is 0.161 e. The van der Waals surface area contributed by atoms with Crippen LogP contribution in [-0.2, 0) is 6.42 Å². The summed E-state index contributed by atoms with van der Waals surface area (Å²) in [6.45, 7) is 0. The second-order valence-corrected chi connectivity index (χ2v) is 16.6. The van der Waals surface area contributed by atoms with Crippen LogP contribution in [0, 0.1) is 0 Å². The number of hydrogen-bond donors (Lipinski definition) is 0. The number of benzene rings is 8. The fraction of sp³-hybridized carbons (Fsp3) is 0.0566. The normalized spacial score (nSPS) is 14.4. The third-order valence-electron chi connectivity index (χ3n) is 12.6. The van der Waals surface area contributed by atoms with Crippen LogP contribution in [0.3, 0.4) is 0 Å². The zero-order valence-electron chi connectivity index (χ0n) is 30.9. The van der Waals surface area contributed by atoms with E-state index in [-0.39, 0.29) is 5.92 Å². The van der Waals surface area contributed by atoms with Crippen LogP contribution in [-0.4, -0.2) is 14.4 Å². The van der Waals surface area contributed by atoms with Crippen molar-refractivity contribution in [2.24, 2.45) is 0 Å². The van der Waals surface area contributed by atoms with Crippen molar-refractivity contribution in [1.29, 1.82) is 0 Å². The first-order valence-electron chi connectivity index (χ1n) is 19.8. The Hall–Kier alpha value is -6.88. The molecule has 4 heteroatoms. The van der Waals surface area contributed by atoms with Crippen LogP contribution in [0.5, 0.6) is 0 Å². The van der Waals surface area contributed by atoms with Crippen LogP contribution in [0.25, 0.3) is 103 Å². The molecule has 0 saturated carbocycles. The van der Waals surface area contributed by atoms with Gasteiger partial charge in [-0.1, -0.05) is 152 Å². The molecule has 0 bridgehead atoms. The summed E-state index contributed by atoms with van der Waals surface area (Å²) in [5, 5.41) is 10.2. The molecule has 0 radical (unpaired) electrons. The van der Waals surface area contributed by atoms with E-state index in [0.29, 0.717) is 0 Å². The van der Waals surface area contributed by atoms with Gasteiger partial charge in [0.05, 0.1) is 22.2 Å². The maximum Gasteiger partial charge on any atom is 0.161 e. The Morgan fingerprint density at radius 1 is 0.509 bits per heavy atom. The van der Waals surface area contributed by atoms with Crippen LogP contribution in [0.2, 0.25) is 0 Å². The molecular formula is C53H33N3S. The van der Waals surface area contributed by atoms with Crippen molar-refractivity contribution in [3.63, 3.8) is 0 Å². The topological polar surface area (TPSA) is 30.2 Å². The number of para-hydroxylation sites is 1. The minimum atomic E-state index is 0.0204. The van der Waals surface area contributed by atoms with Gasteiger partial charge in [-0.15, -0.1) is 11.3 Å². The number of nitrogens with zero attached hydrogens (tertiary/aromatic N) is 3. The summed E-state index contributed by atoms with van der Waals surface area (Å²) in [6.07, 6.45) is 1.90. The lowest BCUT2D eigenvalue weighted by molar-refractivity contribution is 0.715. The number of thiophene rings is 1. The summed E-state index contributed by atoms with van der Waals surface area (Å²) in [5.74, 6) is 0.803. The van der Waals surface area contributed by atoms with Crippen molar-refractivity contribution in [2.45, 2.75) is 18.8 Å². The standard InChI is InChI=1S/C53H33N3S/c1-2-12-31(13-3-1)32-22-24-35(25-23-32)52-54-49(48-40-19-9-11-21-45(40)57-53(48)55-52)41-29-27-33-14-4-6-16-36(33)42-30-43-38-28-26-34-15-5-7-17-37(34)50(38)56-44-20-10-8-18-39(44)47(46(41)42)51(43)56/h1-26,28,30,41H,27,29H2. The van der Waals surface area contributed by atoms with E-state index in [1.165, 1.54) is 97.7 Å². The highest BCUT2D eigenvalue weighted by Crippen LogP contribution is 2.53. The SMILES string of the molecule is c1ccc(-c2ccc(-c3nc(C4CCc5ccccc5-c5cc6c7ccc8ccccc8c7n7c8ccccc8c(c54)c67)c4c(n3)sc3ccccc34)cc2)cc1. The number of hydrogen-bond acceptors (Lipinski definition) is 3. The molecule has 57 heavy (non-hydrogen) atoms. The summed E-state index contributed by atoms with van der Waals surface area (Å²) < 4.78 is 3.82. The van der Waals surface area contributed by atoms with Crippen LogP contribution in [0.4, 0.5) is 0 Å². The van der Waals surface area contributed by atoms with Gasteiger partial charge in [0.25, 0.3) is 0 Å². The monoisotopic (exact) mass is 743 g/mol. The van der Waals surface area contributed by atoms with Crippen LogP contribution in [0.15, 0.2) is 170 Å². The number of aryl methyl sites for hydroxylation is 1. The summed E-state index contributed by atoms with van der Waals surface area (Å²) in [6, 6.07) is 62.4. The summed E-state index contributed by atoms with van der Waals surface area (Å²) in [4.78, 5) is 12.1. The minimum absolute atomic E-state index is 0.0204. The van der Waals surface area contributed by atoms with Crippen molar-refractivity contribution < 1.29 is 0 Å². The maximum atomic E-state index is 5.72. The highest BCUT2D eigenvalue weighted by molar-refractivity contribution is 7.25. The van der Waals surface area contributed by atoms with E-state index in [1.54, 1.807) is 11.3 Å². The van der Waals surface area contributed by atoms with Gasteiger partial charge in [0.1, 0.15) is 4.83 Å². The minimum Gasteiger partial charge on any atom is -0.307 e. The third kappa shape index (κ3) is 4.42. The van der Waals surface area contributed by atoms with Crippen LogP contribution < -0.4 is 0 Å². The second-order valence-electron chi connectivity index (χ2n) is 15.5. The largest absolute Gasteiger partial charge is 0.307 e. The average Bonchev–Trinajstić information content (AvgIpc) is 3.90. The second kappa shape index (κ2) is 11.8. The number of rotatable bonds is 3. The molecule has 1 aliphatic rings. The first kappa shape index (κ1) is 31.3. The molecule has 0 spiro atoms. The molecule has 8 aromatic carbocycles. The molecule has 1 unspecified atom stereocenters. The molecule has 4 aromatic heterocycles. The molecule has 266 valence electrons. The Morgan fingerprint density at radius 3 is 2.12 bits per heavy atom. The molecule has 0 aliphatic heterocycles. The first-order valence-corrected chi connectivity index (χ1v) is 20.7. The predicted molar refractivity (Wildman–Crippen MR) is 240 cm³/mol. The highest BCUT2D eigenvalue weighted by atomic mass is 32.1. The van der Waals surface area contributed by atoms with Gasteiger partial charge in [0.2, 0.25) is 0 Å². The van der Waals surface area contributed by atoms with Gasteiger partial charge in [0.15, 0.2) is 5.82 Å². The molecule has 0 amide bonds. The van der Waals surface area contributed by atoms with Crippen LogP contribution in [0.1, 0.15) is 29.2 Å². The van der Waals surface area contributed by atoms with Crippen molar-refractivity contribution >= 4 is 80.5 Å². The molecule has 0 N–H and O–H groups in total. The van der Waals surface area contributed by atoms with E-state index in [4.69, 9.17) is 9.97 Å². The fourth-order valence-corrected chi connectivity index (χ4v) is 11.2. The fourth-order valence-electron chi connectivity index (χ4n) is 10.1. The summed E-state index contributed by atoms with van der Waals surface area (Å²) in [7, 11) is 0. The lowest BCUT2D eigenvalue weighted by Crippen LogP contribution is -2.08. The maximum absolute atomic E-state index is 5.72. The van der Waals surface area contributed by atoms with E-state index in [1.807, 2.05) is 0 Å². The Labute approximate surface area is 332 Å². The molecule has 1 atom stereocenters. The predicted octanol–water partition coefficient (Wildman–Crippen LogP) is 14.2. The lowest BCUT2D eigenvalue weighted by atomic mass is 9.83. The molecule has 0 saturated heterocycles. The summed E-state index contributed by atoms with van der Waals surface area (Å²) >= 11 is 1.78. The van der Waals surface area contributed by atoms with Crippen molar-refractivity contribution in [3.8, 4) is 33.6 Å². The van der Waals surface area contributed by atoms with Gasteiger partial charge in [-0.25, -0.2) is 9.97 Å². The zero-order valence-corrected chi connectivity index (χ0v) is 31.7. The number of aromatic nitrogens is 3. The van der Waals surface area contributed by atoms with Crippen molar-refractivity contribution in [1.82, 2.24) is 14.4 Å². The third-order valence-corrected chi connectivity index (χ3v) is 13.7. The van der Waals surface area contributed by atoms with E-state index in [0.717, 1.165) is 34.8 Å². The van der Waals surface area contributed by atoms with Crippen molar-refractivity contribution in [2.75, 3.05) is 0 Å². The summed E-state index contributed by atoms with van der Waals surface area (Å²) in [5.41, 5.74) is 13.8. The average molecular weight is 744 g/mol. The van der Waals surface area contributed by atoms with E-state index >= 15 is 0 Å². The zero-order chi connectivity index (χ0) is 37.2. The Kier molecular flexibility index (Phi) is 6.50. The van der Waals surface area contributed by atoms with Gasteiger partial charge >= 0.3 is 0 Å². The lowest BCUT2D eigenvalue weighted by Gasteiger charge is -2.21. The van der Waals surface area contributed by atoms with E-state index < -0.39 is 0 Å². The molecular weight excluding hydrogens is 711 g/mol. The van der Waals surface area contributed by atoms with Crippen molar-refractivity contribution in [3.05, 3.63) is 187 Å². The van der Waals surface area contributed by atoms with Gasteiger partial charge < -0.3 is 4.40 Å². The van der Waals surface area contributed by atoms with Crippen LogP contribution >= 0.6 is 11.3 Å². The molecule has 12 aromatic rings. The van der Waals surface area contributed by atoms with E-state index in [2.05, 4.69) is 174 Å². The van der Waals surface area contributed by atoms with Gasteiger partial charge in [-0.3, -0.25) is 0 Å². The number of fused-ring (bicyclic) bond motifs is 15. The molecule has 3 nitrogen and oxygen atoms in total. The van der Waals surface area contributed by atoms with Gasteiger partial charge in [0, 0.05) is 53.9 Å². The van der Waals surface area contributed by atoms with E-state index in [9.17, 15) is 0 Å².